The van der Waals surface area contributed by atoms with Crippen molar-refractivity contribution in [1.82, 2.24) is 15.5 Å². The maximum atomic E-state index is 11.7. The molecule has 0 spiro atoms. The maximum Gasteiger partial charge on any atom is 0.230 e. The van der Waals surface area contributed by atoms with Gasteiger partial charge in [0.05, 0.1) is 5.75 Å². The molecule has 0 atom stereocenters. The van der Waals surface area contributed by atoms with Crippen molar-refractivity contribution in [3.8, 4) is 0 Å². The van der Waals surface area contributed by atoms with E-state index in [0.29, 0.717) is 22.6 Å². The molecule has 1 aliphatic carbocycles. The number of carbonyl (C=O) groups excluding carboxylic acids is 2. The highest BCUT2D eigenvalue weighted by molar-refractivity contribution is 7.99. The first-order valence-corrected chi connectivity index (χ1v) is 7.65. The molecule has 0 bridgehead atoms. The zero-order chi connectivity index (χ0) is 14.4. The van der Waals surface area contributed by atoms with E-state index in [2.05, 4.69) is 20.8 Å². The standard InChI is InChI=1S/C13H18N4O2S/c1-9(18)14-11-6-7-13(17-16-11)20-8-12(19)15-10-4-2-3-5-10/h6-7,10H,2-5,8H2,1H3,(H,15,19)(H,14,16,18). The second-order valence-corrected chi connectivity index (χ2v) is 5.77. The van der Waals surface area contributed by atoms with E-state index >= 15 is 0 Å². The van der Waals surface area contributed by atoms with E-state index in [9.17, 15) is 9.59 Å². The van der Waals surface area contributed by atoms with Gasteiger partial charge in [-0.15, -0.1) is 10.2 Å². The summed E-state index contributed by atoms with van der Waals surface area (Å²) in [7, 11) is 0. The van der Waals surface area contributed by atoms with Crippen molar-refractivity contribution in [2.45, 2.75) is 43.7 Å². The minimum Gasteiger partial charge on any atom is -0.353 e. The number of anilines is 1. The maximum absolute atomic E-state index is 11.7. The Morgan fingerprint density at radius 1 is 1.30 bits per heavy atom. The normalized spacial score (nSPS) is 15.1. The largest absolute Gasteiger partial charge is 0.353 e. The predicted molar refractivity (Wildman–Crippen MR) is 77.5 cm³/mol. The molecule has 1 fully saturated rings. The first-order valence-electron chi connectivity index (χ1n) is 6.67. The van der Waals surface area contributed by atoms with E-state index in [0.717, 1.165) is 12.8 Å². The average Bonchev–Trinajstić information content (AvgIpc) is 2.90. The quantitative estimate of drug-likeness (QED) is 0.806. The Balaban J connectivity index is 1.75. The second kappa shape index (κ2) is 7.23. The van der Waals surface area contributed by atoms with Crippen LogP contribution >= 0.6 is 11.8 Å². The Bertz CT molecular complexity index is 472. The summed E-state index contributed by atoms with van der Waals surface area (Å²) < 4.78 is 0. The first kappa shape index (κ1) is 14.8. The molecule has 0 saturated heterocycles. The van der Waals surface area contributed by atoms with Crippen LogP contribution in [0.15, 0.2) is 17.2 Å². The van der Waals surface area contributed by atoms with E-state index in [1.807, 2.05) is 0 Å². The van der Waals surface area contributed by atoms with Gasteiger partial charge in [0.15, 0.2) is 5.82 Å². The summed E-state index contributed by atoms with van der Waals surface area (Å²) in [4.78, 5) is 22.6. The Labute approximate surface area is 122 Å². The predicted octanol–water partition coefficient (Wildman–Crippen LogP) is 1.59. The van der Waals surface area contributed by atoms with Gasteiger partial charge >= 0.3 is 0 Å². The van der Waals surface area contributed by atoms with Gasteiger partial charge in [0.1, 0.15) is 5.03 Å². The molecule has 6 nitrogen and oxygen atoms in total. The van der Waals surface area contributed by atoms with Crippen LogP contribution in [0, 0.1) is 0 Å². The molecular formula is C13H18N4O2S. The lowest BCUT2D eigenvalue weighted by atomic mass is 10.2. The highest BCUT2D eigenvalue weighted by Crippen LogP contribution is 2.19. The van der Waals surface area contributed by atoms with Gasteiger partial charge in [0.25, 0.3) is 0 Å². The number of amides is 2. The highest BCUT2D eigenvalue weighted by Gasteiger charge is 2.17. The molecule has 7 heteroatoms. The topological polar surface area (TPSA) is 84.0 Å². The van der Waals surface area contributed by atoms with Crippen LogP contribution in [-0.4, -0.2) is 33.8 Å². The Morgan fingerprint density at radius 2 is 2.05 bits per heavy atom. The lowest BCUT2D eigenvalue weighted by Crippen LogP contribution is -2.33. The first-order chi connectivity index (χ1) is 9.63. The summed E-state index contributed by atoms with van der Waals surface area (Å²) in [6, 6.07) is 3.76. The Hall–Kier alpha value is -1.63. The molecule has 0 radical (unpaired) electrons. The smallest absolute Gasteiger partial charge is 0.230 e. The van der Waals surface area contributed by atoms with Crippen LogP contribution in [0.2, 0.25) is 0 Å². The van der Waals surface area contributed by atoms with Crippen molar-refractivity contribution < 1.29 is 9.59 Å². The molecular weight excluding hydrogens is 276 g/mol. The molecule has 1 heterocycles. The van der Waals surface area contributed by atoms with Crippen LogP contribution in [0.5, 0.6) is 0 Å². The lowest BCUT2D eigenvalue weighted by Gasteiger charge is -2.11. The minimum atomic E-state index is -0.185. The SMILES string of the molecule is CC(=O)Nc1ccc(SCC(=O)NC2CCCC2)nn1. The Morgan fingerprint density at radius 3 is 2.65 bits per heavy atom. The number of aromatic nitrogens is 2. The molecule has 1 aliphatic rings. The van der Waals surface area contributed by atoms with Crippen LogP contribution in [0.1, 0.15) is 32.6 Å². The highest BCUT2D eigenvalue weighted by atomic mass is 32.2. The third-order valence-electron chi connectivity index (χ3n) is 3.02. The average molecular weight is 294 g/mol. The van der Waals surface area contributed by atoms with Gasteiger partial charge in [-0.3, -0.25) is 9.59 Å². The fraction of sp³-hybridized carbons (Fsp3) is 0.538. The van der Waals surface area contributed by atoms with Crippen molar-refractivity contribution in [2.75, 3.05) is 11.1 Å². The van der Waals surface area contributed by atoms with Gasteiger partial charge in [-0.1, -0.05) is 24.6 Å². The number of hydrogen-bond donors (Lipinski definition) is 2. The zero-order valence-electron chi connectivity index (χ0n) is 11.4. The molecule has 0 aromatic carbocycles. The molecule has 2 amide bonds. The van der Waals surface area contributed by atoms with Crippen LogP contribution < -0.4 is 10.6 Å². The molecule has 1 aromatic rings. The van der Waals surface area contributed by atoms with E-state index in [4.69, 9.17) is 0 Å². The fourth-order valence-corrected chi connectivity index (χ4v) is 2.75. The van der Waals surface area contributed by atoms with E-state index < -0.39 is 0 Å². The molecule has 1 saturated carbocycles. The van der Waals surface area contributed by atoms with Crippen molar-refractivity contribution in [3.63, 3.8) is 0 Å². The molecule has 0 aliphatic heterocycles. The summed E-state index contributed by atoms with van der Waals surface area (Å²) in [6.07, 6.45) is 4.58. The number of thioether (sulfide) groups is 1. The summed E-state index contributed by atoms with van der Waals surface area (Å²) in [5.41, 5.74) is 0. The monoisotopic (exact) mass is 294 g/mol. The molecule has 20 heavy (non-hydrogen) atoms. The van der Waals surface area contributed by atoms with E-state index in [1.165, 1.54) is 31.5 Å². The fourth-order valence-electron chi connectivity index (χ4n) is 2.12. The van der Waals surface area contributed by atoms with Gasteiger partial charge in [0, 0.05) is 13.0 Å². The second-order valence-electron chi connectivity index (χ2n) is 4.78. The lowest BCUT2D eigenvalue weighted by molar-refractivity contribution is -0.119. The van der Waals surface area contributed by atoms with E-state index in [1.54, 1.807) is 12.1 Å². The van der Waals surface area contributed by atoms with Crippen molar-refractivity contribution in [2.24, 2.45) is 0 Å². The van der Waals surface area contributed by atoms with Gasteiger partial charge < -0.3 is 10.6 Å². The van der Waals surface area contributed by atoms with Crippen LogP contribution in [0.4, 0.5) is 5.82 Å². The Kier molecular flexibility index (Phi) is 5.34. The number of hydrogen-bond acceptors (Lipinski definition) is 5. The molecule has 1 aromatic heterocycles. The molecule has 0 unspecified atom stereocenters. The third kappa shape index (κ3) is 4.80. The zero-order valence-corrected chi connectivity index (χ0v) is 12.2. The number of nitrogens with zero attached hydrogens (tertiary/aromatic N) is 2. The summed E-state index contributed by atoms with van der Waals surface area (Å²) in [5.74, 6) is 0.604. The van der Waals surface area contributed by atoms with Gasteiger partial charge in [-0.2, -0.15) is 0 Å². The van der Waals surface area contributed by atoms with Crippen LogP contribution in [0.3, 0.4) is 0 Å². The van der Waals surface area contributed by atoms with Gasteiger partial charge in [-0.05, 0) is 25.0 Å². The van der Waals surface area contributed by atoms with Gasteiger partial charge in [0.2, 0.25) is 11.8 Å². The van der Waals surface area contributed by atoms with Crippen molar-refractivity contribution >= 4 is 29.4 Å². The number of rotatable bonds is 5. The van der Waals surface area contributed by atoms with Crippen molar-refractivity contribution in [1.29, 1.82) is 0 Å². The van der Waals surface area contributed by atoms with Crippen molar-refractivity contribution in [3.05, 3.63) is 12.1 Å². The van der Waals surface area contributed by atoms with E-state index in [-0.39, 0.29) is 11.8 Å². The molecule has 2 N–H and O–H groups in total. The number of nitrogens with one attached hydrogen (secondary N) is 2. The summed E-state index contributed by atoms with van der Waals surface area (Å²) in [5, 5.41) is 14.1. The van der Waals surface area contributed by atoms with Crippen LogP contribution in [0.25, 0.3) is 0 Å². The summed E-state index contributed by atoms with van der Waals surface area (Å²) in [6.45, 7) is 1.41. The summed E-state index contributed by atoms with van der Waals surface area (Å²) >= 11 is 1.34. The van der Waals surface area contributed by atoms with Gasteiger partial charge in [-0.25, -0.2) is 0 Å². The number of carbonyl (C=O) groups is 2. The molecule has 2 rings (SSSR count). The molecule has 108 valence electrons. The third-order valence-corrected chi connectivity index (χ3v) is 3.94. The van der Waals surface area contributed by atoms with Crippen LogP contribution in [-0.2, 0) is 9.59 Å². The minimum absolute atomic E-state index is 0.0367.